The number of aryl methyl sites for hydroxylation is 2. The van der Waals surface area contributed by atoms with Gasteiger partial charge in [-0.25, -0.2) is 13.4 Å². The van der Waals surface area contributed by atoms with Gasteiger partial charge in [0, 0.05) is 11.1 Å². The Labute approximate surface area is 126 Å². The van der Waals surface area contributed by atoms with E-state index in [1.807, 2.05) is 13.8 Å². The molecular weight excluding hydrogens is 316 g/mol. The summed E-state index contributed by atoms with van der Waals surface area (Å²) in [6.07, 6.45) is 1.21. The Morgan fingerprint density at radius 1 is 1.40 bits per heavy atom. The summed E-state index contributed by atoms with van der Waals surface area (Å²) >= 11 is 6.04. The number of aromatic nitrogens is 2. The second kappa shape index (κ2) is 5.43. The van der Waals surface area contributed by atoms with Crippen molar-refractivity contribution in [2.45, 2.75) is 18.7 Å². The summed E-state index contributed by atoms with van der Waals surface area (Å²) < 4.78 is 26.7. The van der Waals surface area contributed by atoms with E-state index in [4.69, 9.17) is 18.0 Å². The average molecular weight is 328 g/mol. The van der Waals surface area contributed by atoms with E-state index in [-0.39, 0.29) is 9.88 Å². The van der Waals surface area contributed by atoms with E-state index >= 15 is 0 Å². The van der Waals surface area contributed by atoms with Gasteiger partial charge in [-0.3, -0.25) is 9.71 Å². The van der Waals surface area contributed by atoms with Crippen LogP contribution in [0.2, 0.25) is 0 Å². The molecule has 2 aromatic rings. The molecule has 0 amide bonds. The Balaban J connectivity index is 2.28. The fraction of sp³-hybridized carbons (Fsp3) is 0.182. The highest BCUT2D eigenvalue weighted by Gasteiger charge is 2.17. The van der Waals surface area contributed by atoms with Crippen LogP contribution in [0.15, 0.2) is 23.2 Å². The Morgan fingerprint density at radius 2 is 2.10 bits per heavy atom. The molecule has 0 aliphatic rings. The molecule has 9 heteroatoms. The lowest BCUT2D eigenvalue weighted by Crippen LogP contribution is -2.15. The maximum atomic E-state index is 12.2. The van der Waals surface area contributed by atoms with Crippen LogP contribution in [0.4, 0.5) is 5.13 Å². The van der Waals surface area contributed by atoms with Crippen LogP contribution in [0.25, 0.3) is 0 Å². The number of thiazole rings is 1. The van der Waals surface area contributed by atoms with Crippen LogP contribution >= 0.6 is 23.6 Å². The number of hydrogen-bond acceptors (Lipinski definition) is 6. The van der Waals surface area contributed by atoms with Gasteiger partial charge in [-0.05, 0) is 26.0 Å². The summed E-state index contributed by atoms with van der Waals surface area (Å²) in [6, 6.07) is 2.87. The normalized spacial score (nSPS) is 11.3. The molecule has 0 saturated heterocycles. The molecule has 2 aromatic heterocycles. The fourth-order valence-corrected chi connectivity index (χ4v) is 3.49. The van der Waals surface area contributed by atoms with E-state index in [9.17, 15) is 8.42 Å². The molecule has 2 heterocycles. The zero-order valence-electron chi connectivity index (χ0n) is 10.7. The summed E-state index contributed by atoms with van der Waals surface area (Å²) in [5.74, 6) is 0. The number of hydrogen-bond donors (Lipinski definition) is 2. The third-order valence-corrected chi connectivity index (χ3v) is 5.20. The minimum atomic E-state index is -3.71. The van der Waals surface area contributed by atoms with Crippen LogP contribution in [0, 0.1) is 13.8 Å². The van der Waals surface area contributed by atoms with E-state index in [0.29, 0.717) is 10.8 Å². The molecule has 20 heavy (non-hydrogen) atoms. The molecule has 0 radical (unpaired) electrons. The van der Waals surface area contributed by atoms with Gasteiger partial charge in [-0.15, -0.1) is 11.3 Å². The third-order valence-electron chi connectivity index (χ3n) is 2.55. The standard InChI is InChI=1S/C11H12N4O2S3/c1-6-7(2)19-11(14-6)15-20(16,17)8-3-4-9(10(12)18)13-5-8/h3-5H,1-2H3,(H2,12,18)(H,14,15). The lowest BCUT2D eigenvalue weighted by atomic mass is 10.3. The van der Waals surface area contributed by atoms with Crippen molar-refractivity contribution < 1.29 is 8.42 Å². The molecule has 0 aromatic carbocycles. The smallest absolute Gasteiger partial charge is 0.265 e. The maximum absolute atomic E-state index is 12.2. The molecule has 0 spiro atoms. The molecule has 0 fully saturated rings. The van der Waals surface area contributed by atoms with Crippen LogP contribution in [0.1, 0.15) is 16.3 Å². The second-order valence-corrected chi connectivity index (χ2v) is 7.33. The molecule has 0 unspecified atom stereocenters. The van der Waals surface area contributed by atoms with Crippen LogP contribution in [0.3, 0.4) is 0 Å². The summed E-state index contributed by atoms with van der Waals surface area (Å²) in [5, 5.41) is 0.332. The maximum Gasteiger partial charge on any atom is 0.265 e. The Kier molecular flexibility index (Phi) is 4.02. The molecule has 0 aliphatic carbocycles. The van der Waals surface area contributed by atoms with Crippen molar-refractivity contribution in [1.82, 2.24) is 9.97 Å². The van der Waals surface area contributed by atoms with Crippen molar-refractivity contribution in [3.8, 4) is 0 Å². The number of sulfonamides is 1. The first-order valence-electron chi connectivity index (χ1n) is 5.52. The van der Waals surface area contributed by atoms with Gasteiger partial charge >= 0.3 is 0 Å². The van der Waals surface area contributed by atoms with Crippen LogP contribution in [-0.2, 0) is 10.0 Å². The molecule has 2 rings (SSSR count). The molecule has 0 aliphatic heterocycles. The zero-order chi connectivity index (χ0) is 14.9. The first-order chi connectivity index (χ1) is 9.29. The van der Waals surface area contributed by atoms with Gasteiger partial charge in [0.2, 0.25) is 0 Å². The van der Waals surface area contributed by atoms with Crippen molar-refractivity contribution in [3.05, 3.63) is 34.6 Å². The number of thiocarbonyl (C=S) groups is 1. The SMILES string of the molecule is Cc1nc(NS(=O)(=O)c2ccc(C(N)=S)nc2)sc1C. The fourth-order valence-electron chi connectivity index (χ4n) is 1.38. The van der Waals surface area contributed by atoms with E-state index in [1.54, 1.807) is 0 Å². The molecule has 0 bridgehead atoms. The molecule has 0 atom stereocenters. The molecular formula is C11H12N4O2S3. The van der Waals surface area contributed by atoms with Crippen molar-refractivity contribution in [1.29, 1.82) is 0 Å². The van der Waals surface area contributed by atoms with Crippen molar-refractivity contribution in [3.63, 3.8) is 0 Å². The number of nitrogens with two attached hydrogens (primary N) is 1. The third kappa shape index (κ3) is 3.11. The number of nitrogens with zero attached hydrogens (tertiary/aromatic N) is 2. The summed E-state index contributed by atoms with van der Waals surface area (Å²) in [5.41, 5.74) is 6.59. The first kappa shape index (κ1) is 14.8. The van der Waals surface area contributed by atoms with Crippen LogP contribution < -0.4 is 10.5 Å². The van der Waals surface area contributed by atoms with Crippen molar-refractivity contribution in [2.24, 2.45) is 5.73 Å². The lowest BCUT2D eigenvalue weighted by Gasteiger charge is -2.05. The van der Waals surface area contributed by atoms with E-state index < -0.39 is 10.0 Å². The minimum absolute atomic E-state index is 0.0306. The molecule has 6 nitrogen and oxygen atoms in total. The summed E-state index contributed by atoms with van der Waals surface area (Å²) in [7, 11) is -3.71. The largest absolute Gasteiger partial charge is 0.388 e. The van der Waals surface area contributed by atoms with Gasteiger partial charge < -0.3 is 5.73 Å². The molecule has 106 valence electrons. The highest BCUT2D eigenvalue weighted by Crippen LogP contribution is 2.23. The average Bonchev–Trinajstić information content (AvgIpc) is 2.67. The Bertz CT molecular complexity index is 731. The Hall–Kier alpha value is -1.58. The summed E-state index contributed by atoms with van der Waals surface area (Å²) in [6.45, 7) is 3.70. The predicted octanol–water partition coefficient (Wildman–Crippen LogP) is 1.59. The van der Waals surface area contributed by atoms with E-state index in [2.05, 4.69) is 14.7 Å². The van der Waals surface area contributed by atoms with Gasteiger partial charge in [-0.2, -0.15) is 0 Å². The number of nitrogens with one attached hydrogen (secondary N) is 1. The second-order valence-electron chi connectivity index (χ2n) is 4.01. The lowest BCUT2D eigenvalue weighted by molar-refractivity contribution is 0.600. The van der Waals surface area contributed by atoms with Crippen molar-refractivity contribution >= 4 is 43.7 Å². The molecule has 3 N–H and O–H groups in total. The quantitative estimate of drug-likeness (QED) is 0.827. The number of pyridine rings is 1. The van der Waals surface area contributed by atoms with Gasteiger partial charge in [0.15, 0.2) is 5.13 Å². The summed E-state index contributed by atoms with van der Waals surface area (Å²) in [4.78, 5) is 9.15. The van der Waals surface area contributed by atoms with Crippen molar-refractivity contribution in [2.75, 3.05) is 4.72 Å². The Morgan fingerprint density at radius 3 is 2.55 bits per heavy atom. The van der Waals surface area contributed by atoms with Gasteiger partial charge in [-0.1, -0.05) is 12.2 Å². The highest BCUT2D eigenvalue weighted by atomic mass is 32.2. The topological polar surface area (TPSA) is 98.0 Å². The highest BCUT2D eigenvalue weighted by molar-refractivity contribution is 7.93. The van der Waals surface area contributed by atoms with Gasteiger partial charge in [0.25, 0.3) is 10.0 Å². The van der Waals surface area contributed by atoms with Gasteiger partial charge in [0.05, 0.1) is 11.4 Å². The molecule has 0 saturated carbocycles. The van der Waals surface area contributed by atoms with E-state index in [0.717, 1.165) is 10.6 Å². The number of anilines is 1. The van der Waals surface area contributed by atoms with E-state index in [1.165, 1.54) is 29.7 Å². The van der Waals surface area contributed by atoms with Gasteiger partial charge in [0.1, 0.15) is 9.88 Å². The van der Waals surface area contributed by atoms with Crippen LogP contribution in [-0.4, -0.2) is 23.4 Å². The monoisotopic (exact) mass is 328 g/mol. The first-order valence-corrected chi connectivity index (χ1v) is 8.23. The minimum Gasteiger partial charge on any atom is -0.388 e. The number of rotatable bonds is 4. The predicted molar refractivity (Wildman–Crippen MR) is 82.5 cm³/mol. The zero-order valence-corrected chi connectivity index (χ0v) is 13.2. The van der Waals surface area contributed by atoms with Crippen LogP contribution in [0.5, 0.6) is 0 Å².